The van der Waals surface area contributed by atoms with E-state index in [1.807, 2.05) is 192 Å². The highest BCUT2D eigenvalue weighted by atomic mass is 16.5. The van der Waals surface area contributed by atoms with Gasteiger partial charge in [0.2, 0.25) is 0 Å². The molecule has 6 amide bonds. The van der Waals surface area contributed by atoms with Gasteiger partial charge in [-0.05, 0) is 150 Å². The lowest BCUT2D eigenvalue weighted by Gasteiger charge is -2.24. The molecule has 1 aliphatic carbocycles. The summed E-state index contributed by atoms with van der Waals surface area (Å²) in [6.07, 6.45) is 1.50. The molecule has 7 rings (SSSR count). The zero-order valence-corrected chi connectivity index (χ0v) is 58.9. The van der Waals surface area contributed by atoms with Crippen LogP contribution in [0.2, 0.25) is 0 Å². The lowest BCUT2D eigenvalue weighted by atomic mass is 9.91. The highest BCUT2D eigenvalue weighted by Crippen LogP contribution is 2.41. The Labute approximate surface area is 569 Å². The Morgan fingerprint density at radius 3 is 0.417 bits per heavy atom. The minimum Gasteiger partial charge on any atom is -0.483 e. The standard InChI is InChI=1S/C78H102N6O12/c1-13-79(14-2)67(85)49-91-73-55-31-25-32-56(73)44-58-34-27-36-60(75(58)93-51-69(87)81(17-5)18-6)46-62-38-29-40-64(77(62)95-53-71(89)83(21-9)22-10)48-66-42-30-41-65(78(66)96-54-72(90)84(23-11)24-12)47-63-39-28-37-61(76(63)94-52-70(88)82(19-7)20-8)45-59-35-26-33-57(43-55)74(59)92-50-68(86)80(15-3)16-4/h25-42H,13-24,43-54H2,1-12H3. The number of likely N-dealkylation sites (N-methyl/N-ethyl adjacent to an activating group) is 6. The van der Waals surface area contributed by atoms with E-state index < -0.39 is 0 Å². The van der Waals surface area contributed by atoms with E-state index in [-0.39, 0.29) is 114 Å². The summed E-state index contributed by atoms with van der Waals surface area (Å²) in [5, 5.41) is 0. The highest BCUT2D eigenvalue weighted by molar-refractivity contribution is 5.81. The van der Waals surface area contributed by atoms with E-state index in [0.29, 0.717) is 113 Å². The number of rotatable bonds is 30. The fourth-order valence-electron chi connectivity index (χ4n) is 12.7. The van der Waals surface area contributed by atoms with Crippen molar-refractivity contribution in [2.75, 3.05) is 118 Å². The second kappa shape index (κ2) is 37.3. The number of hydrogen-bond acceptors (Lipinski definition) is 12. The summed E-state index contributed by atoms with van der Waals surface area (Å²) >= 11 is 0. The van der Waals surface area contributed by atoms with Crippen LogP contribution in [0.3, 0.4) is 0 Å². The molecule has 0 heterocycles. The van der Waals surface area contributed by atoms with Gasteiger partial charge in [0.05, 0.1) is 0 Å². The number of hydrogen-bond donors (Lipinski definition) is 0. The first-order valence-corrected chi connectivity index (χ1v) is 34.6. The number of carbonyl (C=O) groups excluding carboxylic acids is 6. The number of carbonyl (C=O) groups is 6. The molecule has 18 nitrogen and oxygen atoms in total. The zero-order valence-electron chi connectivity index (χ0n) is 58.9. The average molecular weight is 1320 g/mol. The van der Waals surface area contributed by atoms with Crippen LogP contribution in [0.25, 0.3) is 0 Å². The number of amides is 6. The van der Waals surface area contributed by atoms with Gasteiger partial charge in [-0.15, -0.1) is 0 Å². The quantitative estimate of drug-likeness (QED) is 0.0417. The predicted molar refractivity (Wildman–Crippen MR) is 376 cm³/mol. The fraction of sp³-hybridized carbons (Fsp3) is 0.462. The monoisotopic (exact) mass is 1310 g/mol. The summed E-state index contributed by atoms with van der Waals surface area (Å²) in [5.74, 6) is 1.87. The topological polar surface area (TPSA) is 177 Å². The molecule has 0 radical (unpaired) electrons. The van der Waals surface area contributed by atoms with Gasteiger partial charge in [-0.1, -0.05) is 109 Å². The van der Waals surface area contributed by atoms with Crippen LogP contribution in [0, 0.1) is 0 Å². The van der Waals surface area contributed by atoms with E-state index in [0.717, 1.165) is 66.8 Å². The summed E-state index contributed by atoms with van der Waals surface area (Å²) < 4.78 is 40.9. The second-order valence-electron chi connectivity index (χ2n) is 23.6. The SMILES string of the molecule is CCN(CC)C(=O)COc1c2cccc1Cc1cccc(c1OCC(=O)N(CC)CC)Cc1cccc(c1OCC(=O)N(CC)CC)Cc1cccc(c1OCC(=O)N(CC)CC)Cc1cccc(c1OCC(=O)N(CC)CC)Cc1cccc(c1OCC(=O)N(CC)CC)C2. The minimum atomic E-state index is -0.243. The first-order valence-electron chi connectivity index (χ1n) is 34.6. The number of benzene rings is 6. The summed E-state index contributed by atoms with van der Waals surface area (Å²) in [7, 11) is 0. The van der Waals surface area contributed by atoms with Gasteiger partial charge in [0.1, 0.15) is 34.5 Å². The van der Waals surface area contributed by atoms with E-state index in [1.165, 1.54) is 0 Å². The molecule has 0 aliphatic heterocycles. The van der Waals surface area contributed by atoms with Crippen LogP contribution < -0.4 is 28.4 Å². The van der Waals surface area contributed by atoms with E-state index >= 15 is 0 Å². The molecule has 516 valence electrons. The van der Waals surface area contributed by atoms with Crippen LogP contribution in [0.15, 0.2) is 109 Å². The summed E-state index contributed by atoms with van der Waals surface area (Å²) in [6, 6.07) is 35.6. The van der Waals surface area contributed by atoms with Gasteiger partial charge in [-0.2, -0.15) is 0 Å². The molecule has 0 unspecified atom stereocenters. The van der Waals surface area contributed by atoms with Crippen molar-refractivity contribution >= 4 is 35.4 Å². The molecule has 0 aromatic heterocycles. The fourth-order valence-corrected chi connectivity index (χ4v) is 12.7. The molecule has 0 saturated heterocycles. The molecule has 6 aromatic rings. The number of nitrogens with zero attached hydrogens (tertiary/aromatic N) is 6. The van der Waals surface area contributed by atoms with Crippen LogP contribution in [0.5, 0.6) is 34.5 Å². The van der Waals surface area contributed by atoms with Crippen LogP contribution >= 0.6 is 0 Å². The van der Waals surface area contributed by atoms with Gasteiger partial charge in [0.25, 0.3) is 35.4 Å². The lowest BCUT2D eigenvalue weighted by Crippen LogP contribution is -2.35. The lowest BCUT2D eigenvalue weighted by molar-refractivity contribution is -0.133. The zero-order chi connectivity index (χ0) is 69.3. The Balaban J connectivity index is 1.55. The predicted octanol–water partition coefficient (Wildman–Crippen LogP) is 11.0. The molecule has 1 aliphatic rings. The number of ether oxygens (including phenoxy) is 6. The van der Waals surface area contributed by atoms with Crippen LogP contribution in [-0.2, 0) is 67.3 Å². The second-order valence-corrected chi connectivity index (χ2v) is 23.6. The van der Waals surface area contributed by atoms with Crippen LogP contribution in [0.4, 0.5) is 0 Å². The maximum absolute atomic E-state index is 14.0. The van der Waals surface area contributed by atoms with E-state index in [9.17, 15) is 28.8 Å². The van der Waals surface area contributed by atoms with Gasteiger partial charge in [-0.3, -0.25) is 28.8 Å². The summed E-state index contributed by atoms with van der Waals surface area (Å²) in [4.78, 5) is 94.4. The third kappa shape index (κ3) is 19.1. The molecular weight excluding hydrogens is 1210 g/mol. The van der Waals surface area contributed by atoms with Gasteiger partial charge < -0.3 is 57.8 Å². The first-order chi connectivity index (χ1) is 46.5. The molecule has 6 aromatic carbocycles. The molecule has 18 heteroatoms. The maximum atomic E-state index is 14.0. The smallest absolute Gasteiger partial charge is 0.260 e. The normalized spacial score (nSPS) is 11.9. The maximum Gasteiger partial charge on any atom is 0.260 e. The molecular formula is C78H102N6O12. The summed E-state index contributed by atoms with van der Waals surface area (Å²) in [6.45, 7) is 27.8. The van der Waals surface area contributed by atoms with Crippen LogP contribution in [-0.4, -0.2) is 183 Å². The minimum absolute atomic E-state index is 0.179. The Morgan fingerprint density at radius 1 is 0.219 bits per heavy atom. The van der Waals surface area contributed by atoms with Crippen molar-refractivity contribution in [1.29, 1.82) is 0 Å². The van der Waals surface area contributed by atoms with Crippen molar-refractivity contribution in [3.05, 3.63) is 176 Å². The summed E-state index contributed by atoms with van der Waals surface area (Å²) in [5.41, 5.74) is 9.00. The number of fused-ring (bicyclic) bond motifs is 12. The third-order valence-corrected chi connectivity index (χ3v) is 18.1. The molecule has 0 N–H and O–H groups in total. The van der Waals surface area contributed by atoms with Gasteiger partial charge in [0.15, 0.2) is 39.6 Å². The van der Waals surface area contributed by atoms with Crippen molar-refractivity contribution in [2.24, 2.45) is 0 Å². The molecule has 12 bridgehead atoms. The highest BCUT2D eigenvalue weighted by Gasteiger charge is 2.27. The molecule has 96 heavy (non-hydrogen) atoms. The van der Waals surface area contributed by atoms with Gasteiger partial charge in [0, 0.05) is 117 Å². The Kier molecular flexibility index (Phi) is 28.9. The van der Waals surface area contributed by atoms with E-state index in [4.69, 9.17) is 28.4 Å². The van der Waals surface area contributed by atoms with E-state index in [1.54, 1.807) is 29.4 Å². The van der Waals surface area contributed by atoms with Crippen molar-refractivity contribution in [1.82, 2.24) is 29.4 Å². The van der Waals surface area contributed by atoms with Gasteiger partial charge in [-0.25, -0.2) is 0 Å². The Morgan fingerprint density at radius 2 is 0.323 bits per heavy atom. The van der Waals surface area contributed by atoms with Crippen molar-refractivity contribution < 1.29 is 57.2 Å². The first kappa shape index (κ1) is 74.3. The van der Waals surface area contributed by atoms with Gasteiger partial charge >= 0.3 is 0 Å². The van der Waals surface area contributed by atoms with Crippen molar-refractivity contribution in [2.45, 2.75) is 122 Å². The van der Waals surface area contributed by atoms with Crippen molar-refractivity contribution in [3.8, 4) is 34.5 Å². The number of para-hydroxylation sites is 6. The Bertz CT molecular complexity index is 2860. The van der Waals surface area contributed by atoms with E-state index in [2.05, 4.69) is 0 Å². The van der Waals surface area contributed by atoms with Crippen molar-refractivity contribution in [3.63, 3.8) is 0 Å². The van der Waals surface area contributed by atoms with Crippen LogP contribution in [0.1, 0.15) is 150 Å². The third-order valence-electron chi connectivity index (χ3n) is 18.1. The molecule has 0 spiro atoms. The average Bonchev–Trinajstić information content (AvgIpc) is 1.26. The molecule has 0 saturated carbocycles. The Hall–Kier alpha value is -9.06. The molecule has 0 atom stereocenters. The molecule has 0 fully saturated rings. The largest absolute Gasteiger partial charge is 0.483 e.